The van der Waals surface area contributed by atoms with Gasteiger partial charge in [-0.3, -0.25) is 19.6 Å². The number of fused-ring (bicyclic) bond motifs is 1. The fraction of sp³-hybridized carbons (Fsp3) is 0.286. The average Bonchev–Trinajstić information content (AvgIpc) is 3.89. The number of halogens is 1. The van der Waals surface area contributed by atoms with Crippen LogP contribution in [0.1, 0.15) is 29.9 Å². The Labute approximate surface area is 259 Å². The van der Waals surface area contributed by atoms with E-state index in [1.807, 2.05) is 49.5 Å². The van der Waals surface area contributed by atoms with Crippen LogP contribution in [0.3, 0.4) is 0 Å². The van der Waals surface area contributed by atoms with Crippen LogP contribution in [-0.4, -0.2) is 57.5 Å². The third kappa shape index (κ3) is 5.63. The minimum Gasteiger partial charge on any atom is -0.376 e. The van der Waals surface area contributed by atoms with Crippen LogP contribution in [0.4, 0.5) is 15.9 Å². The maximum absolute atomic E-state index is 15.1. The number of anilines is 2. The highest BCUT2D eigenvalue weighted by Crippen LogP contribution is 2.41. The molecule has 1 saturated carbocycles. The standard InChI is InChI=1S/C35H35FN6O3/c1-22-3-4-24(16-29(22)31-18-27-15-26(23-5-6-23)17-30(36)34(27)35(45)41(31)21-43)25-7-10-33(44)42(20-25)38-32-9-8-28(19-37-32)40-13-11-39(2)12-14-40/h3-4,7-10,15-20,23,43H,5-6,11-14,21H2,1-2H3,(H,37,38). The number of aliphatic hydroxyl groups excluding tert-OH is 1. The predicted octanol–water partition coefficient (Wildman–Crippen LogP) is 4.79. The van der Waals surface area contributed by atoms with Crippen molar-refractivity contribution in [3.8, 4) is 22.4 Å². The van der Waals surface area contributed by atoms with Crippen LogP contribution in [0.15, 0.2) is 82.6 Å². The number of nitrogens with zero attached hydrogens (tertiary/aromatic N) is 5. The molecule has 0 amide bonds. The molecular formula is C35H35FN6O3. The van der Waals surface area contributed by atoms with Gasteiger partial charge in [0.15, 0.2) is 0 Å². The summed E-state index contributed by atoms with van der Waals surface area (Å²) in [6.07, 6.45) is 5.56. The summed E-state index contributed by atoms with van der Waals surface area (Å²) in [4.78, 5) is 35.4. The summed E-state index contributed by atoms with van der Waals surface area (Å²) >= 11 is 0. The largest absolute Gasteiger partial charge is 0.376 e. The smallest absolute Gasteiger partial charge is 0.269 e. The number of aromatic nitrogens is 3. The van der Waals surface area contributed by atoms with Gasteiger partial charge in [-0.2, -0.15) is 0 Å². The molecule has 2 aliphatic rings. The first kappa shape index (κ1) is 28.9. The molecule has 2 N–H and O–H groups in total. The summed E-state index contributed by atoms with van der Waals surface area (Å²) in [6.45, 7) is 5.22. The SMILES string of the molecule is Cc1ccc(-c2ccc(=O)n(Nc3ccc(N4CCN(C)CC4)cn3)c2)cc1-c1cc2cc(C3CC3)cc(F)c2c(=O)n1CO. The zero-order valence-corrected chi connectivity index (χ0v) is 25.3. The Morgan fingerprint density at radius 1 is 0.956 bits per heavy atom. The van der Waals surface area contributed by atoms with E-state index >= 15 is 4.39 Å². The first-order valence-electron chi connectivity index (χ1n) is 15.3. The number of aryl methyl sites for hydroxylation is 1. The monoisotopic (exact) mass is 606 g/mol. The van der Waals surface area contributed by atoms with E-state index < -0.39 is 18.1 Å². The molecule has 0 bridgehead atoms. The third-order valence-corrected chi connectivity index (χ3v) is 8.98. The number of pyridine rings is 3. The number of hydrogen-bond donors (Lipinski definition) is 2. The summed E-state index contributed by atoms with van der Waals surface area (Å²) in [7, 11) is 2.12. The van der Waals surface area contributed by atoms with Crippen molar-refractivity contribution >= 4 is 22.3 Å². The summed E-state index contributed by atoms with van der Waals surface area (Å²) in [6, 6.07) is 18.0. The van der Waals surface area contributed by atoms with Crippen LogP contribution < -0.4 is 21.4 Å². The quantitative estimate of drug-likeness (QED) is 0.275. The summed E-state index contributed by atoms with van der Waals surface area (Å²) in [5.74, 6) is 0.307. The lowest BCUT2D eigenvalue weighted by Crippen LogP contribution is -2.44. The highest BCUT2D eigenvalue weighted by Gasteiger charge is 2.26. The Kier molecular flexibility index (Phi) is 7.47. The number of aliphatic hydroxyl groups is 1. The highest BCUT2D eigenvalue weighted by atomic mass is 19.1. The molecule has 9 nitrogen and oxygen atoms in total. The van der Waals surface area contributed by atoms with Crippen molar-refractivity contribution in [1.29, 1.82) is 0 Å². The van der Waals surface area contributed by atoms with Crippen molar-refractivity contribution in [3.63, 3.8) is 0 Å². The molecule has 45 heavy (non-hydrogen) atoms. The highest BCUT2D eigenvalue weighted by molar-refractivity contribution is 5.88. The van der Waals surface area contributed by atoms with Gasteiger partial charge in [-0.1, -0.05) is 18.2 Å². The van der Waals surface area contributed by atoms with Gasteiger partial charge in [0.05, 0.1) is 23.0 Å². The Hall–Kier alpha value is -4.80. The predicted molar refractivity (Wildman–Crippen MR) is 175 cm³/mol. The van der Waals surface area contributed by atoms with Crippen LogP contribution >= 0.6 is 0 Å². The molecule has 2 aromatic carbocycles. The van der Waals surface area contributed by atoms with Gasteiger partial charge in [-0.25, -0.2) is 14.1 Å². The fourth-order valence-electron chi connectivity index (χ4n) is 6.12. The zero-order valence-electron chi connectivity index (χ0n) is 25.3. The van der Waals surface area contributed by atoms with E-state index in [2.05, 4.69) is 27.3 Å². The fourth-order valence-corrected chi connectivity index (χ4v) is 6.12. The second-order valence-electron chi connectivity index (χ2n) is 12.1. The zero-order chi connectivity index (χ0) is 31.2. The van der Waals surface area contributed by atoms with Gasteiger partial charge in [0, 0.05) is 49.6 Å². The van der Waals surface area contributed by atoms with E-state index in [0.717, 1.165) is 72.5 Å². The van der Waals surface area contributed by atoms with Crippen molar-refractivity contribution in [2.24, 2.45) is 0 Å². The lowest BCUT2D eigenvalue weighted by molar-refractivity contribution is 0.208. The lowest BCUT2D eigenvalue weighted by Gasteiger charge is -2.33. The summed E-state index contributed by atoms with van der Waals surface area (Å²) < 4.78 is 17.7. The van der Waals surface area contributed by atoms with Crippen molar-refractivity contribution < 1.29 is 9.50 Å². The molecule has 1 aliphatic carbocycles. The molecule has 4 heterocycles. The molecular weight excluding hydrogens is 571 g/mol. The Morgan fingerprint density at radius 3 is 2.44 bits per heavy atom. The Balaban J connectivity index is 1.22. The van der Waals surface area contributed by atoms with Gasteiger partial charge in [-0.15, -0.1) is 0 Å². The maximum Gasteiger partial charge on any atom is 0.269 e. The number of benzene rings is 2. The van der Waals surface area contributed by atoms with Crippen LogP contribution in [0.5, 0.6) is 0 Å². The second kappa shape index (κ2) is 11.6. The van der Waals surface area contributed by atoms with Crippen molar-refractivity contribution in [2.45, 2.75) is 32.4 Å². The van der Waals surface area contributed by atoms with Crippen LogP contribution in [-0.2, 0) is 6.73 Å². The van der Waals surface area contributed by atoms with E-state index in [1.165, 1.54) is 21.4 Å². The molecule has 230 valence electrons. The Bertz CT molecular complexity index is 2030. The lowest BCUT2D eigenvalue weighted by atomic mass is 9.96. The maximum atomic E-state index is 15.1. The average molecular weight is 607 g/mol. The van der Waals surface area contributed by atoms with Crippen LogP contribution in [0, 0.1) is 12.7 Å². The molecule has 1 saturated heterocycles. The third-order valence-electron chi connectivity index (χ3n) is 8.98. The van der Waals surface area contributed by atoms with Gasteiger partial charge in [-0.05, 0) is 91.2 Å². The van der Waals surface area contributed by atoms with Gasteiger partial charge >= 0.3 is 0 Å². The number of rotatable bonds is 7. The molecule has 10 heteroatoms. The number of nitrogens with one attached hydrogen (secondary N) is 1. The number of hydrogen-bond acceptors (Lipinski definition) is 7. The van der Waals surface area contributed by atoms with Gasteiger partial charge in [0.2, 0.25) is 0 Å². The Morgan fingerprint density at radius 2 is 1.73 bits per heavy atom. The first-order valence-corrected chi connectivity index (χ1v) is 15.3. The first-order chi connectivity index (χ1) is 21.8. The normalized spacial score (nSPS) is 15.5. The molecule has 3 aromatic heterocycles. The van der Waals surface area contributed by atoms with Crippen LogP contribution in [0.2, 0.25) is 0 Å². The van der Waals surface area contributed by atoms with E-state index in [1.54, 1.807) is 18.3 Å². The molecule has 5 aromatic rings. The van der Waals surface area contributed by atoms with Crippen molar-refractivity contribution in [1.82, 2.24) is 19.1 Å². The van der Waals surface area contributed by atoms with Gasteiger partial charge in [0.1, 0.15) is 18.4 Å². The molecule has 1 aliphatic heterocycles. The van der Waals surface area contributed by atoms with E-state index in [0.29, 0.717) is 22.8 Å². The van der Waals surface area contributed by atoms with E-state index in [4.69, 9.17) is 0 Å². The number of piperazine rings is 1. The molecule has 0 unspecified atom stereocenters. The molecule has 7 rings (SSSR count). The van der Waals surface area contributed by atoms with Gasteiger partial charge < -0.3 is 14.9 Å². The van der Waals surface area contributed by atoms with Crippen molar-refractivity contribution in [3.05, 3.63) is 111 Å². The minimum atomic E-state index is -0.590. The molecule has 0 atom stereocenters. The summed E-state index contributed by atoms with van der Waals surface area (Å²) in [5.41, 5.74) is 7.91. The van der Waals surface area contributed by atoms with Crippen molar-refractivity contribution in [2.75, 3.05) is 43.6 Å². The second-order valence-corrected chi connectivity index (χ2v) is 12.1. The molecule has 2 fully saturated rings. The number of likely N-dealkylation sites (N-methyl/N-ethyl adjacent to an activating group) is 1. The van der Waals surface area contributed by atoms with Crippen LogP contribution in [0.25, 0.3) is 33.2 Å². The van der Waals surface area contributed by atoms with Gasteiger partial charge in [0.25, 0.3) is 11.1 Å². The minimum absolute atomic E-state index is 0.0191. The molecule has 0 radical (unpaired) electrons. The summed E-state index contributed by atoms with van der Waals surface area (Å²) in [5, 5.41) is 10.7. The topological polar surface area (TPSA) is 95.6 Å². The van der Waals surface area contributed by atoms with E-state index in [9.17, 15) is 14.7 Å². The van der Waals surface area contributed by atoms with E-state index in [-0.39, 0.29) is 10.9 Å². The molecule has 0 spiro atoms.